The summed E-state index contributed by atoms with van der Waals surface area (Å²) in [6.45, 7) is 6.66. The monoisotopic (exact) mass is 222 g/mol. The van der Waals surface area contributed by atoms with Gasteiger partial charge in [-0.3, -0.25) is 0 Å². The molecule has 0 aliphatic rings. The third-order valence-corrected chi connectivity index (χ3v) is 2.98. The fourth-order valence-electron chi connectivity index (χ4n) is 2.27. The van der Waals surface area contributed by atoms with E-state index in [4.69, 9.17) is 9.47 Å². The summed E-state index contributed by atoms with van der Waals surface area (Å²) in [6, 6.07) is 5.95. The lowest BCUT2D eigenvalue weighted by molar-refractivity contribution is 0.353. The second-order valence-electron chi connectivity index (χ2n) is 4.67. The predicted octanol–water partition coefficient (Wildman–Crippen LogP) is 3.78. The van der Waals surface area contributed by atoms with Gasteiger partial charge in [0.1, 0.15) is 11.5 Å². The number of hydrogen-bond donors (Lipinski definition) is 0. The number of benzene rings is 1. The molecule has 0 bridgehead atoms. The topological polar surface area (TPSA) is 18.5 Å². The molecule has 0 amide bonds. The zero-order valence-electron chi connectivity index (χ0n) is 11.0. The summed E-state index contributed by atoms with van der Waals surface area (Å²) in [7, 11) is 3.42. The van der Waals surface area contributed by atoms with Crippen LogP contribution in [0.3, 0.4) is 0 Å². The summed E-state index contributed by atoms with van der Waals surface area (Å²) in [5, 5.41) is 0. The van der Waals surface area contributed by atoms with Crippen LogP contribution in [0.15, 0.2) is 18.2 Å². The first-order chi connectivity index (χ1) is 7.56. The van der Waals surface area contributed by atoms with E-state index in [0.29, 0.717) is 0 Å². The van der Waals surface area contributed by atoms with Gasteiger partial charge in [-0.05, 0) is 24.0 Å². The van der Waals surface area contributed by atoms with Crippen LogP contribution >= 0.6 is 0 Å². The molecule has 0 saturated carbocycles. The molecule has 0 N–H and O–H groups in total. The van der Waals surface area contributed by atoms with Crippen molar-refractivity contribution in [3.8, 4) is 11.5 Å². The molecule has 2 nitrogen and oxygen atoms in total. The maximum Gasteiger partial charge on any atom is 0.126 e. The van der Waals surface area contributed by atoms with Crippen LogP contribution in [0.4, 0.5) is 0 Å². The summed E-state index contributed by atoms with van der Waals surface area (Å²) < 4.78 is 10.9. The van der Waals surface area contributed by atoms with E-state index in [1.165, 1.54) is 5.56 Å². The molecule has 0 aliphatic heterocycles. The lowest BCUT2D eigenvalue weighted by atomic mass is 9.79. The van der Waals surface area contributed by atoms with Crippen molar-refractivity contribution < 1.29 is 9.47 Å². The van der Waals surface area contributed by atoms with Gasteiger partial charge in [-0.15, -0.1) is 0 Å². The minimum atomic E-state index is 0.0761. The van der Waals surface area contributed by atoms with Crippen molar-refractivity contribution in [3.05, 3.63) is 23.8 Å². The Kier molecular flexibility index (Phi) is 4.22. The zero-order valence-corrected chi connectivity index (χ0v) is 11.0. The van der Waals surface area contributed by atoms with Gasteiger partial charge in [0.05, 0.1) is 14.2 Å². The van der Waals surface area contributed by atoms with Crippen molar-refractivity contribution in [2.75, 3.05) is 14.2 Å². The Morgan fingerprint density at radius 2 is 1.56 bits per heavy atom. The minimum Gasteiger partial charge on any atom is -0.496 e. The normalized spacial score (nSPS) is 11.3. The summed E-state index contributed by atoms with van der Waals surface area (Å²) >= 11 is 0. The number of rotatable bonds is 5. The summed E-state index contributed by atoms with van der Waals surface area (Å²) in [4.78, 5) is 0. The molecular formula is C14H22O2. The van der Waals surface area contributed by atoms with Crippen molar-refractivity contribution in [3.63, 3.8) is 0 Å². The van der Waals surface area contributed by atoms with Crippen LogP contribution in [-0.2, 0) is 5.41 Å². The van der Waals surface area contributed by atoms with E-state index >= 15 is 0 Å². The van der Waals surface area contributed by atoms with Gasteiger partial charge in [0.15, 0.2) is 0 Å². The average Bonchev–Trinajstić information content (AvgIpc) is 2.27. The summed E-state index contributed by atoms with van der Waals surface area (Å²) in [5.74, 6) is 1.83. The van der Waals surface area contributed by atoms with Gasteiger partial charge in [0, 0.05) is 5.56 Å². The molecule has 1 rings (SSSR count). The van der Waals surface area contributed by atoms with E-state index in [1.807, 2.05) is 18.2 Å². The molecule has 90 valence electrons. The molecule has 1 aromatic rings. The standard InChI is InChI=1S/C14H22O2/c1-6-10-14(2,3)13-11(15-4)8-7-9-12(13)16-5/h7-9H,6,10H2,1-5H3. The van der Waals surface area contributed by atoms with E-state index in [1.54, 1.807) is 14.2 Å². The molecule has 16 heavy (non-hydrogen) atoms. The SMILES string of the molecule is CCCC(C)(C)c1c(OC)cccc1OC. The van der Waals surface area contributed by atoms with Gasteiger partial charge in [0.2, 0.25) is 0 Å². The molecule has 0 spiro atoms. The van der Waals surface area contributed by atoms with Crippen molar-refractivity contribution in [1.82, 2.24) is 0 Å². The van der Waals surface area contributed by atoms with Crippen molar-refractivity contribution >= 4 is 0 Å². The van der Waals surface area contributed by atoms with Crippen LogP contribution in [0.2, 0.25) is 0 Å². The predicted molar refractivity (Wildman–Crippen MR) is 67.5 cm³/mol. The second kappa shape index (κ2) is 5.24. The zero-order chi connectivity index (χ0) is 12.2. The van der Waals surface area contributed by atoms with Crippen molar-refractivity contribution in [2.24, 2.45) is 0 Å². The van der Waals surface area contributed by atoms with E-state index in [2.05, 4.69) is 20.8 Å². The Balaban J connectivity index is 3.27. The quantitative estimate of drug-likeness (QED) is 0.754. The van der Waals surface area contributed by atoms with Crippen LogP contribution in [0, 0.1) is 0 Å². The van der Waals surface area contributed by atoms with Gasteiger partial charge in [0.25, 0.3) is 0 Å². The summed E-state index contributed by atoms with van der Waals surface area (Å²) in [6.07, 6.45) is 2.26. The maximum absolute atomic E-state index is 5.44. The van der Waals surface area contributed by atoms with E-state index in [9.17, 15) is 0 Å². The first-order valence-electron chi connectivity index (χ1n) is 5.78. The highest BCUT2D eigenvalue weighted by Crippen LogP contribution is 2.41. The molecule has 0 atom stereocenters. The summed E-state index contributed by atoms with van der Waals surface area (Å²) in [5.41, 5.74) is 1.24. The lowest BCUT2D eigenvalue weighted by Crippen LogP contribution is -2.19. The largest absolute Gasteiger partial charge is 0.496 e. The van der Waals surface area contributed by atoms with E-state index in [0.717, 1.165) is 24.3 Å². The molecular weight excluding hydrogens is 200 g/mol. The number of methoxy groups -OCH3 is 2. The van der Waals surface area contributed by atoms with Crippen LogP contribution < -0.4 is 9.47 Å². The van der Waals surface area contributed by atoms with Crippen LogP contribution in [0.5, 0.6) is 11.5 Å². The van der Waals surface area contributed by atoms with Crippen molar-refractivity contribution in [1.29, 1.82) is 0 Å². The first kappa shape index (κ1) is 12.9. The van der Waals surface area contributed by atoms with Crippen LogP contribution in [-0.4, -0.2) is 14.2 Å². The van der Waals surface area contributed by atoms with Gasteiger partial charge < -0.3 is 9.47 Å². The fourth-order valence-corrected chi connectivity index (χ4v) is 2.27. The second-order valence-corrected chi connectivity index (χ2v) is 4.67. The number of ether oxygens (including phenoxy) is 2. The highest BCUT2D eigenvalue weighted by Gasteiger charge is 2.27. The van der Waals surface area contributed by atoms with Gasteiger partial charge in [-0.25, -0.2) is 0 Å². The first-order valence-corrected chi connectivity index (χ1v) is 5.78. The lowest BCUT2D eigenvalue weighted by Gasteiger charge is -2.28. The Hall–Kier alpha value is -1.18. The minimum absolute atomic E-state index is 0.0761. The third kappa shape index (κ3) is 2.49. The fraction of sp³-hybridized carbons (Fsp3) is 0.571. The van der Waals surface area contributed by atoms with Crippen LogP contribution in [0.25, 0.3) is 0 Å². The highest BCUT2D eigenvalue weighted by molar-refractivity contribution is 5.49. The number of hydrogen-bond acceptors (Lipinski definition) is 2. The smallest absolute Gasteiger partial charge is 0.126 e. The molecule has 0 saturated heterocycles. The Morgan fingerprint density at radius 1 is 1.06 bits per heavy atom. The van der Waals surface area contributed by atoms with Crippen molar-refractivity contribution in [2.45, 2.75) is 39.0 Å². The Bertz CT molecular complexity index is 320. The van der Waals surface area contributed by atoms with E-state index in [-0.39, 0.29) is 5.41 Å². The van der Waals surface area contributed by atoms with Crippen LogP contribution in [0.1, 0.15) is 39.2 Å². The molecule has 0 aromatic heterocycles. The molecule has 2 heteroatoms. The Labute approximate surface area is 98.6 Å². The van der Waals surface area contributed by atoms with Gasteiger partial charge >= 0.3 is 0 Å². The Morgan fingerprint density at radius 3 is 1.94 bits per heavy atom. The molecule has 0 unspecified atom stereocenters. The van der Waals surface area contributed by atoms with E-state index < -0.39 is 0 Å². The molecule has 0 radical (unpaired) electrons. The van der Waals surface area contributed by atoms with Gasteiger partial charge in [-0.2, -0.15) is 0 Å². The third-order valence-electron chi connectivity index (χ3n) is 2.98. The molecule has 0 fully saturated rings. The molecule has 0 aliphatic carbocycles. The maximum atomic E-state index is 5.44. The highest BCUT2D eigenvalue weighted by atomic mass is 16.5. The molecule has 1 aromatic carbocycles. The molecule has 0 heterocycles. The average molecular weight is 222 g/mol. The van der Waals surface area contributed by atoms with Gasteiger partial charge in [-0.1, -0.05) is 33.3 Å².